The van der Waals surface area contributed by atoms with E-state index in [4.69, 9.17) is 5.10 Å². The van der Waals surface area contributed by atoms with E-state index in [1.807, 2.05) is 24.3 Å². The molecule has 2 heterocycles. The Kier molecular flexibility index (Phi) is 3.75. The first-order chi connectivity index (χ1) is 13.2. The van der Waals surface area contributed by atoms with Gasteiger partial charge in [0.1, 0.15) is 11.6 Å². The van der Waals surface area contributed by atoms with Crippen molar-refractivity contribution < 1.29 is 9.18 Å². The van der Waals surface area contributed by atoms with Crippen LogP contribution in [0.2, 0.25) is 0 Å². The highest BCUT2D eigenvalue weighted by molar-refractivity contribution is 7.20. The largest absolute Gasteiger partial charge is 0.306 e. The lowest BCUT2D eigenvalue weighted by Crippen LogP contribution is -2.16. The van der Waals surface area contributed by atoms with Gasteiger partial charge in [0.15, 0.2) is 0 Å². The highest BCUT2D eigenvalue weighted by Gasteiger charge is 2.25. The highest BCUT2D eigenvalue weighted by Crippen LogP contribution is 2.33. The molecule has 2 aromatic carbocycles. The second-order valence-corrected chi connectivity index (χ2v) is 7.47. The zero-order valence-electron chi connectivity index (χ0n) is 14.3. The molecule has 0 aliphatic heterocycles. The molecule has 0 saturated heterocycles. The molecule has 0 radical (unpaired) electrons. The van der Waals surface area contributed by atoms with E-state index in [0.29, 0.717) is 11.4 Å². The summed E-state index contributed by atoms with van der Waals surface area (Å²) in [5, 5.41) is 8.40. The summed E-state index contributed by atoms with van der Waals surface area (Å²) >= 11 is 1.53. The predicted molar refractivity (Wildman–Crippen MR) is 103 cm³/mol. The number of anilines is 1. The summed E-state index contributed by atoms with van der Waals surface area (Å²) in [6.07, 6.45) is 2.80. The molecular formula is C20H15FN4OS. The maximum atomic E-state index is 13.1. The van der Waals surface area contributed by atoms with E-state index in [2.05, 4.69) is 10.3 Å². The van der Waals surface area contributed by atoms with Crippen LogP contribution in [0.1, 0.15) is 28.0 Å². The van der Waals surface area contributed by atoms with Crippen LogP contribution in [0.3, 0.4) is 0 Å². The molecule has 5 nitrogen and oxygen atoms in total. The topological polar surface area (TPSA) is 59.8 Å². The van der Waals surface area contributed by atoms with Crippen LogP contribution < -0.4 is 5.32 Å². The average Bonchev–Trinajstić information content (AvgIpc) is 3.37. The van der Waals surface area contributed by atoms with Crippen molar-refractivity contribution in [2.75, 3.05) is 5.32 Å². The molecule has 0 saturated carbocycles. The molecule has 0 unspecified atom stereocenters. The van der Waals surface area contributed by atoms with Gasteiger partial charge < -0.3 is 5.32 Å². The number of amides is 1. The first-order valence-electron chi connectivity index (χ1n) is 8.73. The molecule has 7 heteroatoms. The lowest BCUT2D eigenvalue weighted by Gasteiger charge is -2.09. The van der Waals surface area contributed by atoms with Gasteiger partial charge in [0, 0.05) is 11.1 Å². The van der Waals surface area contributed by atoms with Crippen LogP contribution in [0, 0.1) is 5.82 Å². The standard InChI is InChI=1S/C20H15FN4OS/c21-13-10-8-12(9-11-13)19(26)23-18-14-4-3-6-15(14)24-25(18)20-22-16-5-1-2-7-17(16)27-20/h1-2,5,7-11H,3-4,6H2,(H,23,26). The molecule has 0 fully saturated rings. The number of hydrogen-bond acceptors (Lipinski definition) is 4. The molecule has 1 aliphatic carbocycles. The van der Waals surface area contributed by atoms with Gasteiger partial charge in [-0.3, -0.25) is 4.79 Å². The van der Waals surface area contributed by atoms with Gasteiger partial charge in [-0.2, -0.15) is 9.78 Å². The normalized spacial score (nSPS) is 13.1. The lowest BCUT2D eigenvalue weighted by molar-refractivity contribution is 0.102. The van der Waals surface area contributed by atoms with Crippen LogP contribution in [0.15, 0.2) is 48.5 Å². The number of benzene rings is 2. The second kappa shape index (κ2) is 6.28. The van der Waals surface area contributed by atoms with E-state index >= 15 is 0 Å². The van der Waals surface area contributed by atoms with Gasteiger partial charge in [-0.05, 0) is 55.7 Å². The van der Waals surface area contributed by atoms with E-state index in [9.17, 15) is 9.18 Å². The van der Waals surface area contributed by atoms with Crippen molar-refractivity contribution in [1.82, 2.24) is 14.8 Å². The van der Waals surface area contributed by atoms with Gasteiger partial charge in [0.05, 0.1) is 15.9 Å². The monoisotopic (exact) mass is 378 g/mol. The molecule has 0 bridgehead atoms. The van der Waals surface area contributed by atoms with Crippen LogP contribution in [0.4, 0.5) is 10.2 Å². The number of thiazole rings is 1. The highest BCUT2D eigenvalue weighted by atomic mass is 32.1. The van der Waals surface area contributed by atoms with Crippen molar-refractivity contribution in [2.45, 2.75) is 19.3 Å². The smallest absolute Gasteiger partial charge is 0.256 e. The molecule has 1 amide bonds. The summed E-state index contributed by atoms with van der Waals surface area (Å²) in [7, 11) is 0. The third-order valence-electron chi connectivity index (χ3n) is 4.71. The van der Waals surface area contributed by atoms with Crippen LogP contribution in [-0.2, 0) is 12.8 Å². The summed E-state index contributed by atoms with van der Waals surface area (Å²) in [6, 6.07) is 13.4. The molecule has 4 aromatic rings. The minimum absolute atomic E-state index is 0.285. The zero-order chi connectivity index (χ0) is 18.4. The summed E-state index contributed by atoms with van der Waals surface area (Å²) in [6.45, 7) is 0. The molecular weight excluding hydrogens is 363 g/mol. The van der Waals surface area contributed by atoms with Crippen LogP contribution in [-0.4, -0.2) is 20.7 Å². The Balaban J connectivity index is 1.57. The Morgan fingerprint density at radius 1 is 1.11 bits per heavy atom. The number of hydrogen-bond donors (Lipinski definition) is 1. The van der Waals surface area contributed by atoms with Crippen molar-refractivity contribution in [3.05, 3.63) is 71.2 Å². The number of halogens is 1. The molecule has 1 N–H and O–H groups in total. The fourth-order valence-electron chi connectivity index (χ4n) is 3.39. The van der Waals surface area contributed by atoms with Gasteiger partial charge in [-0.25, -0.2) is 9.37 Å². The van der Waals surface area contributed by atoms with Gasteiger partial charge >= 0.3 is 0 Å². The molecule has 0 spiro atoms. The fourth-order valence-corrected chi connectivity index (χ4v) is 4.31. The number of para-hydroxylation sites is 1. The number of rotatable bonds is 3. The molecule has 1 aliphatic rings. The van der Waals surface area contributed by atoms with Gasteiger partial charge in [0.25, 0.3) is 5.91 Å². The fraction of sp³-hybridized carbons (Fsp3) is 0.150. The summed E-state index contributed by atoms with van der Waals surface area (Å²) in [4.78, 5) is 17.4. The first-order valence-corrected chi connectivity index (χ1v) is 9.54. The molecule has 134 valence electrons. The van der Waals surface area contributed by atoms with E-state index in [0.717, 1.165) is 45.9 Å². The van der Waals surface area contributed by atoms with Crippen LogP contribution in [0.25, 0.3) is 15.3 Å². The Bertz CT molecular complexity index is 1130. The predicted octanol–water partition coefficient (Wildman–Crippen LogP) is 4.36. The van der Waals surface area contributed by atoms with Crippen molar-refractivity contribution in [2.24, 2.45) is 0 Å². The van der Waals surface area contributed by atoms with E-state index in [1.165, 1.54) is 35.6 Å². The summed E-state index contributed by atoms with van der Waals surface area (Å²) < 4.78 is 15.9. The SMILES string of the molecule is O=C(Nc1c2c(nn1-c1nc3ccccc3s1)CCC2)c1ccc(F)cc1. The number of carbonyl (C=O) groups excluding carboxylic acids is 1. The maximum Gasteiger partial charge on any atom is 0.256 e. The number of nitrogens with one attached hydrogen (secondary N) is 1. The van der Waals surface area contributed by atoms with Gasteiger partial charge in [0.2, 0.25) is 5.13 Å². The number of fused-ring (bicyclic) bond motifs is 2. The van der Waals surface area contributed by atoms with Gasteiger partial charge in [-0.1, -0.05) is 23.5 Å². The van der Waals surface area contributed by atoms with E-state index < -0.39 is 0 Å². The first kappa shape index (κ1) is 16.1. The van der Waals surface area contributed by atoms with Gasteiger partial charge in [-0.15, -0.1) is 0 Å². The van der Waals surface area contributed by atoms with Crippen LogP contribution >= 0.6 is 11.3 Å². The average molecular weight is 378 g/mol. The zero-order valence-corrected chi connectivity index (χ0v) is 15.1. The summed E-state index contributed by atoms with van der Waals surface area (Å²) in [5.74, 6) is 0.00908. The Morgan fingerprint density at radius 2 is 1.93 bits per heavy atom. The van der Waals surface area contributed by atoms with Crippen molar-refractivity contribution >= 4 is 33.3 Å². The maximum absolute atomic E-state index is 13.1. The van der Waals surface area contributed by atoms with Crippen molar-refractivity contribution in [3.8, 4) is 5.13 Å². The molecule has 2 aromatic heterocycles. The number of aromatic nitrogens is 3. The number of aryl methyl sites for hydroxylation is 1. The molecule has 5 rings (SSSR count). The Hall–Kier alpha value is -3.06. The minimum Gasteiger partial charge on any atom is -0.306 e. The van der Waals surface area contributed by atoms with E-state index in [-0.39, 0.29) is 11.7 Å². The molecule has 0 atom stereocenters. The Labute approximate surface area is 158 Å². The van der Waals surface area contributed by atoms with Crippen molar-refractivity contribution in [3.63, 3.8) is 0 Å². The molecule has 27 heavy (non-hydrogen) atoms. The number of carbonyl (C=O) groups is 1. The third-order valence-corrected chi connectivity index (χ3v) is 5.72. The van der Waals surface area contributed by atoms with Crippen molar-refractivity contribution in [1.29, 1.82) is 0 Å². The van der Waals surface area contributed by atoms with E-state index in [1.54, 1.807) is 4.68 Å². The minimum atomic E-state index is -0.369. The number of nitrogens with zero attached hydrogens (tertiary/aromatic N) is 3. The summed E-state index contributed by atoms with van der Waals surface area (Å²) in [5.41, 5.74) is 3.37. The Morgan fingerprint density at radius 3 is 2.74 bits per heavy atom. The quantitative estimate of drug-likeness (QED) is 0.576. The third kappa shape index (κ3) is 2.80. The lowest BCUT2D eigenvalue weighted by atomic mass is 10.2. The van der Waals surface area contributed by atoms with Crippen LogP contribution in [0.5, 0.6) is 0 Å². The second-order valence-electron chi connectivity index (χ2n) is 6.46.